The van der Waals surface area contributed by atoms with Gasteiger partial charge in [-0.05, 0) is 49.9 Å². The molecule has 0 heterocycles. The van der Waals surface area contributed by atoms with E-state index in [-0.39, 0.29) is 23.7 Å². The average Bonchev–Trinajstić information content (AvgIpc) is 3.18. The van der Waals surface area contributed by atoms with Crippen LogP contribution in [0.4, 0.5) is 0 Å². The second-order valence-corrected chi connectivity index (χ2v) is 13.2. The summed E-state index contributed by atoms with van der Waals surface area (Å²) >= 11 is 0. The minimum Gasteiger partial charge on any atom is -0.496 e. The second-order valence-electron chi connectivity index (χ2n) is 13.2. The van der Waals surface area contributed by atoms with Crippen molar-refractivity contribution >= 4 is 0 Å². The van der Waals surface area contributed by atoms with Crippen LogP contribution >= 0.6 is 0 Å². The first-order valence-electron chi connectivity index (χ1n) is 18.3. The van der Waals surface area contributed by atoms with E-state index in [4.69, 9.17) is 37.9 Å². The monoisotopic (exact) mass is 712 g/mol. The lowest BCUT2D eigenvalue weighted by Gasteiger charge is -2.30. The molecule has 0 N–H and O–H groups in total. The molecule has 0 aliphatic heterocycles. The van der Waals surface area contributed by atoms with Crippen LogP contribution < -0.4 is 37.9 Å². The van der Waals surface area contributed by atoms with Gasteiger partial charge in [0.15, 0.2) is 0 Å². The van der Waals surface area contributed by atoms with Crippen LogP contribution in [-0.2, 0) is 0 Å². The molecule has 0 saturated carbocycles. The van der Waals surface area contributed by atoms with E-state index < -0.39 is 0 Å². The zero-order valence-electron chi connectivity index (χ0n) is 33.0. The van der Waals surface area contributed by atoms with Crippen molar-refractivity contribution in [3.8, 4) is 46.0 Å². The first-order valence-corrected chi connectivity index (χ1v) is 18.3. The topological polar surface area (TPSA) is 73.8 Å². The van der Waals surface area contributed by atoms with Crippen LogP contribution in [0.5, 0.6) is 46.0 Å². The third kappa shape index (κ3) is 6.68. The summed E-state index contributed by atoms with van der Waals surface area (Å²) in [6.07, 6.45) is 3.17. The summed E-state index contributed by atoms with van der Waals surface area (Å²) in [6.45, 7) is 8.80. The smallest absolute Gasteiger partial charge is 0.126 e. The van der Waals surface area contributed by atoms with E-state index >= 15 is 0 Å². The molecule has 5 rings (SSSR count). The summed E-state index contributed by atoms with van der Waals surface area (Å²) in [6, 6.07) is 17.2. The van der Waals surface area contributed by atoms with Gasteiger partial charge in [0.1, 0.15) is 46.0 Å². The van der Waals surface area contributed by atoms with Gasteiger partial charge in [0.2, 0.25) is 0 Å². The minimum atomic E-state index is -0.0757. The van der Waals surface area contributed by atoms with Gasteiger partial charge in [0.25, 0.3) is 0 Å². The van der Waals surface area contributed by atoms with Crippen molar-refractivity contribution in [3.63, 3.8) is 0 Å². The highest BCUT2D eigenvalue weighted by atomic mass is 16.5. The Labute approximate surface area is 310 Å². The lowest BCUT2D eigenvalue weighted by molar-refractivity contribution is 0.374. The Hall–Kier alpha value is -4.72. The zero-order chi connectivity index (χ0) is 37.7. The molecule has 0 unspecified atom stereocenters. The summed E-state index contributed by atoms with van der Waals surface area (Å²) in [7, 11) is 13.7. The fourth-order valence-corrected chi connectivity index (χ4v) is 8.40. The average molecular weight is 713 g/mol. The van der Waals surface area contributed by atoms with Crippen LogP contribution in [0.15, 0.2) is 48.5 Å². The molecule has 0 spiro atoms. The molecule has 0 aromatic heterocycles. The number of fused-ring (bicyclic) bond motifs is 8. The summed E-state index contributed by atoms with van der Waals surface area (Å²) in [5.74, 6) is 5.73. The normalized spacial score (nSPS) is 17.9. The van der Waals surface area contributed by atoms with E-state index in [0.29, 0.717) is 0 Å². The maximum Gasteiger partial charge on any atom is 0.126 e. The SMILES string of the molecule is CC[C@H]1c2cc(c(OC)cc2OC)[C@@H](CC)c2cc(c(OC)cc2OC)[C@@H](CC)c2cc(c(OC)cc2OC)[C@@H](CC)c2cc1c(OC)cc2OC. The summed E-state index contributed by atoms with van der Waals surface area (Å²) in [5, 5.41) is 0. The van der Waals surface area contributed by atoms with Crippen molar-refractivity contribution in [2.75, 3.05) is 56.9 Å². The highest BCUT2D eigenvalue weighted by Crippen LogP contribution is 2.52. The Morgan fingerprint density at radius 1 is 0.269 bits per heavy atom. The van der Waals surface area contributed by atoms with E-state index in [1.165, 1.54) is 0 Å². The quantitative estimate of drug-likeness (QED) is 0.144. The van der Waals surface area contributed by atoms with E-state index in [1.807, 2.05) is 24.3 Å². The molecule has 0 radical (unpaired) electrons. The zero-order valence-corrected chi connectivity index (χ0v) is 33.0. The fraction of sp³-hybridized carbons (Fsp3) is 0.455. The third-order valence-electron chi connectivity index (χ3n) is 11.0. The Bertz CT molecular complexity index is 1490. The minimum absolute atomic E-state index is 0.0757. The standard InChI is InChI=1S/C44H56O8/c1-13-25-29-17-31(39(47-7)21-37(29)45-5)26(14-2)33-19-35(43(51-11)23-41(33)49-9)28(16-4)36-20-34(42(50-10)24-44(36)52-12)27(15-3)32-18-30(25)38(46-6)22-40(32)48-8/h17-28H,13-16H2,1-12H3/t25-,26+,27-,28+. The van der Waals surface area contributed by atoms with E-state index in [0.717, 1.165) is 116 Å². The van der Waals surface area contributed by atoms with Crippen LogP contribution in [0.1, 0.15) is 122 Å². The predicted octanol–water partition coefficient (Wildman–Crippen LogP) is 10.2. The van der Waals surface area contributed by atoms with Gasteiger partial charge in [-0.25, -0.2) is 0 Å². The van der Waals surface area contributed by atoms with E-state index in [9.17, 15) is 0 Å². The van der Waals surface area contributed by atoms with Crippen LogP contribution in [-0.4, -0.2) is 56.9 Å². The highest BCUT2D eigenvalue weighted by molar-refractivity contribution is 5.63. The molecular weight excluding hydrogens is 656 g/mol. The predicted molar refractivity (Wildman–Crippen MR) is 207 cm³/mol. The van der Waals surface area contributed by atoms with Crippen molar-refractivity contribution < 1.29 is 37.9 Å². The molecule has 8 bridgehead atoms. The van der Waals surface area contributed by atoms with Crippen LogP contribution in [0.3, 0.4) is 0 Å². The van der Waals surface area contributed by atoms with E-state index in [2.05, 4.69) is 52.0 Å². The van der Waals surface area contributed by atoms with Crippen LogP contribution in [0.2, 0.25) is 0 Å². The van der Waals surface area contributed by atoms with Crippen LogP contribution in [0, 0.1) is 0 Å². The lowest BCUT2D eigenvalue weighted by Crippen LogP contribution is -2.14. The Morgan fingerprint density at radius 2 is 0.404 bits per heavy atom. The first-order chi connectivity index (χ1) is 25.2. The largest absolute Gasteiger partial charge is 0.496 e. The van der Waals surface area contributed by atoms with Gasteiger partial charge in [-0.15, -0.1) is 0 Å². The molecule has 280 valence electrons. The van der Waals surface area contributed by atoms with Gasteiger partial charge < -0.3 is 37.9 Å². The Morgan fingerprint density at radius 3 is 0.500 bits per heavy atom. The number of ether oxygens (including phenoxy) is 8. The van der Waals surface area contributed by atoms with Gasteiger partial charge in [0, 0.05) is 92.4 Å². The molecule has 0 saturated heterocycles. The van der Waals surface area contributed by atoms with Gasteiger partial charge >= 0.3 is 0 Å². The molecular formula is C44H56O8. The molecule has 4 aromatic rings. The molecule has 0 amide bonds. The van der Waals surface area contributed by atoms with Gasteiger partial charge in [-0.3, -0.25) is 0 Å². The lowest BCUT2D eigenvalue weighted by atomic mass is 9.77. The first kappa shape index (κ1) is 38.5. The molecule has 4 aromatic carbocycles. The number of rotatable bonds is 12. The number of benzene rings is 4. The molecule has 1 aliphatic rings. The van der Waals surface area contributed by atoms with Crippen molar-refractivity contribution in [1.29, 1.82) is 0 Å². The number of hydrogen-bond donors (Lipinski definition) is 0. The number of methoxy groups -OCH3 is 8. The summed E-state index contributed by atoms with van der Waals surface area (Å²) in [4.78, 5) is 0. The van der Waals surface area contributed by atoms with Crippen molar-refractivity contribution in [2.45, 2.75) is 77.0 Å². The van der Waals surface area contributed by atoms with Gasteiger partial charge in [-0.2, -0.15) is 0 Å². The molecule has 8 heteroatoms. The third-order valence-corrected chi connectivity index (χ3v) is 11.0. The van der Waals surface area contributed by atoms with Crippen molar-refractivity contribution in [1.82, 2.24) is 0 Å². The molecule has 0 atom stereocenters. The maximum atomic E-state index is 6.12. The van der Waals surface area contributed by atoms with Gasteiger partial charge in [-0.1, -0.05) is 27.7 Å². The molecule has 1 aliphatic carbocycles. The summed E-state index contributed by atoms with van der Waals surface area (Å²) in [5.41, 5.74) is 8.42. The Kier molecular flexibility index (Phi) is 12.4. The second kappa shape index (κ2) is 16.7. The Balaban J connectivity index is 2.03. The fourth-order valence-electron chi connectivity index (χ4n) is 8.40. The highest BCUT2D eigenvalue weighted by Gasteiger charge is 2.33. The van der Waals surface area contributed by atoms with Crippen LogP contribution in [0.25, 0.3) is 0 Å². The van der Waals surface area contributed by atoms with Crippen molar-refractivity contribution in [2.24, 2.45) is 0 Å². The van der Waals surface area contributed by atoms with Gasteiger partial charge in [0.05, 0.1) is 56.9 Å². The maximum absolute atomic E-state index is 6.12. The molecule has 52 heavy (non-hydrogen) atoms. The number of hydrogen-bond acceptors (Lipinski definition) is 8. The summed E-state index contributed by atoms with van der Waals surface area (Å²) < 4.78 is 49.0. The molecule has 8 nitrogen and oxygen atoms in total. The molecule has 0 fully saturated rings. The van der Waals surface area contributed by atoms with Crippen molar-refractivity contribution in [3.05, 3.63) is 93.0 Å². The van der Waals surface area contributed by atoms with E-state index in [1.54, 1.807) is 56.9 Å².